The fourth-order valence-electron chi connectivity index (χ4n) is 6.62. The molecule has 2 aromatic heterocycles. The van der Waals surface area contributed by atoms with E-state index in [2.05, 4.69) is 21.1 Å². The number of nitrogens with zero attached hydrogens (tertiary/aromatic N) is 1. The summed E-state index contributed by atoms with van der Waals surface area (Å²) < 4.78 is 13.2. The number of aliphatic carboxylic acids is 1. The van der Waals surface area contributed by atoms with E-state index in [1.54, 1.807) is 30.7 Å². The first-order valence-corrected chi connectivity index (χ1v) is 15.2. The minimum Gasteiger partial charge on any atom is -0.480 e. The van der Waals surface area contributed by atoms with Crippen molar-refractivity contribution in [3.8, 4) is 29.4 Å². The third-order valence-corrected chi connectivity index (χ3v) is 9.04. The highest BCUT2D eigenvalue weighted by Gasteiger charge is 2.45. The van der Waals surface area contributed by atoms with Crippen LogP contribution >= 0.6 is 0 Å². The van der Waals surface area contributed by atoms with Gasteiger partial charge >= 0.3 is 5.97 Å². The van der Waals surface area contributed by atoms with Gasteiger partial charge in [-0.1, -0.05) is 24.8 Å². The van der Waals surface area contributed by atoms with E-state index >= 15 is 0 Å². The Bertz CT molecular complexity index is 1830. The highest BCUT2D eigenvalue weighted by Crippen LogP contribution is 2.45. The summed E-state index contributed by atoms with van der Waals surface area (Å²) in [7, 11) is 2.02. The number of nitrogens with one attached hydrogen (secondary N) is 2. The van der Waals surface area contributed by atoms with Gasteiger partial charge in [0.15, 0.2) is 0 Å². The van der Waals surface area contributed by atoms with Crippen LogP contribution < -0.4 is 15.4 Å². The number of aromatic nitrogens is 1. The number of terminal acetylenes is 1. The zero-order valence-corrected chi connectivity index (χ0v) is 25.1. The number of anilines is 1. The molecule has 0 unspecified atom stereocenters. The van der Waals surface area contributed by atoms with E-state index in [0.29, 0.717) is 41.3 Å². The molecule has 4 aromatic rings. The summed E-state index contributed by atoms with van der Waals surface area (Å²) in [6.07, 6.45) is 17.7. The Morgan fingerprint density at radius 3 is 2.60 bits per heavy atom. The van der Waals surface area contributed by atoms with Crippen LogP contribution in [0.2, 0.25) is 0 Å². The molecule has 2 amide bonds. The molecule has 9 nitrogen and oxygen atoms in total. The molecule has 9 heteroatoms. The minimum absolute atomic E-state index is 0.0253. The molecule has 0 atom stereocenters. The number of ether oxygens (including phenoxy) is 1. The van der Waals surface area contributed by atoms with E-state index in [-0.39, 0.29) is 18.4 Å². The van der Waals surface area contributed by atoms with Gasteiger partial charge in [-0.25, -0.2) is 4.79 Å². The number of fused-ring (bicyclic) bond motifs is 1. The number of amides is 2. The molecule has 2 fully saturated rings. The number of hydrogen-bond acceptors (Lipinski definition) is 5. The van der Waals surface area contributed by atoms with Crippen molar-refractivity contribution in [1.29, 1.82) is 0 Å². The summed E-state index contributed by atoms with van der Waals surface area (Å²) in [5, 5.41) is 16.1. The molecule has 6 rings (SSSR count). The average molecular weight is 606 g/mol. The first-order valence-electron chi connectivity index (χ1n) is 15.2. The largest absolute Gasteiger partial charge is 0.480 e. The van der Waals surface area contributed by atoms with Gasteiger partial charge in [0.25, 0.3) is 5.91 Å². The first-order chi connectivity index (χ1) is 21.8. The molecular formula is C36H35N3O6. The van der Waals surface area contributed by atoms with Crippen LogP contribution in [0.4, 0.5) is 5.69 Å². The summed E-state index contributed by atoms with van der Waals surface area (Å²) in [5.74, 6) is 1.43. The number of aryl methyl sites for hydroxylation is 1. The van der Waals surface area contributed by atoms with Gasteiger partial charge in [0.1, 0.15) is 17.9 Å². The van der Waals surface area contributed by atoms with Crippen molar-refractivity contribution in [2.45, 2.75) is 56.4 Å². The molecule has 2 aliphatic carbocycles. The van der Waals surface area contributed by atoms with Crippen LogP contribution in [0.15, 0.2) is 65.5 Å². The molecule has 2 heterocycles. The van der Waals surface area contributed by atoms with Gasteiger partial charge in [0.2, 0.25) is 5.91 Å². The Morgan fingerprint density at radius 2 is 1.93 bits per heavy atom. The molecule has 0 spiro atoms. The molecule has 230 valence electrons. The van der Waals surface area contributed by atoms with Gasteiger partial charge in [0.05, 0.1) is 18.2 Å². The number of furan rings is 1. The van der Waals surface area contributed by atoms with Gasteiger partial charge in [0, 0.05) is 52.5 Å². The number of carboxylic acids is 1. The zero-order chi connectivity index (χ0) is 31.6. The van der Waals surface area contributed by atoms with Crippen LogP contribution in [0.3, 0.4) is 0 Å². The van der Waals surface area contributed by atoms with E-state index in [9.17, 15) is 14.4 Å². The normalized spacial score (nSPS) is 15.9. The van der Waals surface area contributed by atoms with E-state index < -0.39 is 11.5 Å². The maximum absolute atomic E-state index is 13.7. The van der Waals surface area contributed by atoms with E-state index in [1.165, 1.54) is 24.5 Å². The van der Waals surface area contributed by atoms with Crippen LogP contribution in [0.5, 0.6) is 5.75 Å². The summed E-state index contributed by atoms with van der Waals surface area (Å²) in [6.45, 7) is -0.0253. The Labute approximate surface area is 261 Å². The second-order valence-corrected chi connectivity index (χ2v) is 11.8. The Balaban J connectivity index is 1.25. The predicted molar refractivity (Wildman–Crippen MR) is 172 cm³/mol. The highest BCUT2D eigenvalue weighted by molar-refractivity contribution is 6.06. The third-order valence-electron chi connectivity index (χ3n) is 9.04. The molecule has 0 radical (unpaired) electrons. The van der Waals surface area contributed by atoms with Crippen LogP contribution in [0.1, 0.15) is 72.3 Å². The zero-order valence-electron chi connectivity index (χ0n) is 25.1. The van der Waals surface area contributed by atoms with Crippen molar-refractivity contribution in [2.24, 2.45) is 7.05 Å². The summed E-state index contributed by atoms with van der Waals surface area (Å²) in [5.41, 5.74) is 4.78. The highest BCUT2D eigenvalue weighted by atomic mass is 16.5. The minimum atomic E-state index is -1.10. The standard InChI is InChI=1S/C36H35N3O6/c1-3-18-45-30-21-27(12-9-23(30)11-14-31(40)41)37-35(43)36(16-6-17-36)38-34(42)25-10-13-28-29(20-25)39(2)33(26-15-19-44-22-26)32(28)24-7-4-5-8-24/h1,9-15,19-22,24H,4-8,16-18H2,2H3,(H,37,43)(H,38,42)(H,40,41)/b14-11+. The van der Waals surface area contributed by atoms with Crippen molar-refractivity contribution >= 4 is 40.4 Å². The average Bonchev–Trinajstić information content (AvgIpc) is 3.78. The fraction of sp³-hybridized carbons (Fsp3) is 0.306. The van der Waals surface area contributed by atoms with Crippen molar-refractivity contribution in [3.63, 3.8) is 0 Å². The van der Waals surface area contributed by atoms with Gasteiger partial charge in [-0.3, -0.25) is 9.59 Å². The topological polar surface area (TPSA) is 123 Å². The number of carboxylic acid groups (broad SMARTS) is 1. The molecule has 0 saturated heterocycles. The molecule has 0 aliphatic heterocycles. The molecule has 0 bridgehead atoms. The number of carbonyl (C=O) groups excluding carboxylic acids is 2. The van der Waals surface area contributed by atoms with Crippen LogP contribution in [-0.2, 0) is 16.6 Å². The lowest BCUT2D eigenvalue weighted by atomic mass is 9.75. The second kappa shape index (κ2) is 12.4. The summed E-state index contributed by atoms with van der Waals surface area (Å²) in [4.78, 5) is 38.3. The molecule has 2 aliphatic rings. The number of rotatable bonds is 10. The quantitative estimate of drug-likeness (QED) is 0.140. The van der Waals surface area contributed by atoms with Crippen molar-refractivity contribution < 1.29 is 28.6 Å². The lowest BCUT2D eigenvalue weighted by Gasteiger charge is -2.40. The molecular weight excluding hydrogens is 570 g/mol. The summed E-state index contributed by atoms with van der Waals surface area (Å²) >= 11 is 0. The van der Waals surface area contributed by atoms with Crippen LogP contribution in [-0.4, -0.2) is 39.6 Å². The maximum Gasteiger partial charge on any atom is 0.328 e. The number of carbonyl (C=O) groups is 3. The fourth-order valence-corrected chi connectivity index (χ4v) is 6.62. The van der Waals surface area contributed by atoms with Gasteiger partial charge in [-0.2, -0.15) is 0 Å². The Morgan fingerprint density at radius 1 is 1.13 bits per heavy atom. The SMILES string of the molecule is C#CCOc1cc(NC(=O)C2(NC(=O)c3ccc4c(C5CCCC5)c(-c5ccoc5)n(C)c4c3)CCC2)ccc1/C=C/C(=O)O. The van der Waals surface area contributed by atoms with Gasteiger partial charge in [-0.15, -0.1) is 6.42 Å². The van der Waals surface area contributed by atoms with Gasteiger partial charge < -0.3 is 29.5 Å². The van der Waals surface area contributed by atoms with E-state index in [1.807, 2.05) is 31.3 Å². The van der Waals surface area contributed by atoms with Crippen molar-refractivity contribution in [2.75, 3.05) is 11.9 Å². The smallest absolute Gasteiger partial charge is 0.328 e. The molecule has 2 saturated carbocycles. The Kier molecular flexibility index (Phi) is 8.22. The first kappa shape index (κ1) is 29.8. The Hall–Kier alpha value is -5.23. The summed E-state index contributed by atoms with van der Waals surface area (Å²) in [6, 6.07) is 12.6. The number of benzene rings is 2. The molecule has 45 heavy (non-hydrogen) atoms. The number of hydrogen-bond donors (Lipinski definition) is 3. The second-order valence-electron chi connectivity index (χ2n) is 11.8. The lowest BCUT2D eigenvalue weighted by molar-refractivity contribution is -0.131. The monoisotopic (exact) mass is 605 g/mol. The lowest BCUT2D eigenvalue weighted by Crippen LogP contribution is -2.61. The maximum atomic E-state index is 13.7. The van der Waals surface area contributed by atoms with Crippen molar-refractivity contribution in [3.05, 3.63) is 77.8 Å². The molecule has 3 N–H and O–H groups in total. The third kappa shape index (κ3) is 5.84. The molecule has 2 aromatic carbocycles. The van der Waals surface area contributed by atoms with Crippen LogP contribution in [0.25, 0.3) is 28.2 Å². The predicted octanol–water partition coefficient (Wildman–Crippen LogP) is 6.50. The van der Waals surface area contributed by atoms with Crippen molar-refractivity contribution in [1.82, 2.24) is 9.88 Å². The van der Waals surface area contributed by atoms with E-state index in [4.69, 9.17) is 20.7 Å². The van der Waals surface area contributed by atoms with E-state index in [0.717, 1.165) is 47.5 Å². The van der Waals surface area contributed by atoms with Crippen LogP contribution in [0, 0.1) is 12.3 Å². The van der Waals surface area contributed by atoms with Gasteiger partial charge in [-0.05, 0) is 80.0 Å².